The van der Waals surface area contributed by atoms with Gasteiger partial charge in [0.05, 0.1) is 40.3 Å². The molecule has 0 aromatic heterocycles. The van der Waals surface area contributed by atoms with Gasteiger partial charge in [0.2, 0.25) is 0 Å². The molecule has 0 amide bonds. The number of carboxylic acid groups (broad SMARTS) is 1. The first-order valence-corrected chi connectivity index (χ1v) is 16.9. The van der Waals surface area contributed by atoms with Crippen LogP contribution in [0.4, 0.5) is 0 Å². The fraction of sp³-hybridized carbons (Fsp3) is 0.474. The molecule has 8 heteroatoms. The number of unbranched alkanes of at least 4 members (excludes halogenated alkanes) is 3. The van der Waals surface area contributed by atoms with Gasteiger partial charge in [-0.05, 0) is 81.1 Å². The Balaban J connectivity index is 1.49. The van der Waals surface area contributed by atoms with Crippen molar-refractivity contribution < 1.29 is 19.7 Å². The molecule has 1 unspecified atom stereocenters. The van der Waals surface area contributed by atoms with Crippen LogP contribution < -0.4 is 5.32 Å². The molecule has 0 aromatic carbocycles. The second-order valence-electron chi connectivity index (χ2n) is 13.1. The van der Waals surface area contributed by atoms with Crippen LogP contribution >= 0.6 is 0 Å². The number of allylic oxidation sites excluding steroid dienone is 11. The first-order valence-electron chi connectivity index (χ1n) is 16.9. The van der Waals surface area contributed by atoms with Gasteiger partial charge in [0, 0.05) is 59.4 Å². The lowest BCUT2D eigenvalue weighted by molar-refractivity contribution is -0.137. The SMILES string of the molecule is CCCCCCOC(C)C1=C(C)C2=NC1=CC1=NC(=CC3=CC4=C(O)CC(=C5NC(=C2)[C@@H](C)[C@@H]5CCC(=O)O)C4=N3)C(CC)=C1C. The van der Waals surface area contributed by atoms with Crippen LogP contribution in [-0.2, 0) is 9.53 Å². The van der Waals surface area contributed by atoms with Crippen molar-refractivity contribution in [1.29, 1.82) is 0 Å². The second kappa shape index (κ2) is 13.0. The summed E-state index contributed by atoms with van der Waals surface area (Å²) in [7, 11) is 0. The lowest BCUT2D eigenvalue weighted by Gasteiger charge is -2.17. The van der Waals surface area contributed by atoms with Gasteiger partial charge < -0.3 is 20.3 Å². The molecule has 46 heavy (non-hydrogen) atoms. The van der Waals surface area contributed by atoms with Crippen LogP contribution in [-0.4, -0.2) is 46.0 Å². The highest BCUT2D eigenvalue weighted by Crippen LogP contribution is 2.45. The summed E-state index contributed by atoms with van der Waals surface area (Å²) in [4.78, 5) is 27.0. The molecule has 0 radical (unpaired) electrons. The number of aliphatic hydroxyl groups is 1. The van der Waals surface area contributed by atoms with Gasteiger partial charge in [0.25, 0.3) is 0 Å². The summed E-state index contributed by atoms with van der Waals surface area (Å²) in [6.07, 6.45) is 14.4. The van der Waals surface area contributed by atoms with E-state index in [9.17, 15) is 15.0 Å². The molecule has 3 N–H and O–H groups in total. The summed E-state index contributed by atoms with van der Waals surface area (Å²) in [5.41, 5.74) is 13.1. The van der Waals surface area contributed by atoms with Gasteiger partial charge >= 0.3 is 5.97 Å². The molecular formula is C38H46N4O4. The number of nitrogens with one attached hydrogen (secondary N) is 1. The number of hydrogen-bond acceptors (Lipinski definition) is 7. The van der Waals surface area contributed by atoms with Gasteiger partial charge in [-0.25, -0.2) is 15.0 Å². The maximum absolute atomic E-state index is 11.7. The van der Waals surface area contributed by atoms with E-state index in [0.29, 0.717) is 19.4 Å². The Bertz CT molecular complexity index is 1720. The van der Waals surface area contributed by atoms with Crippen molar-refractivity contribution in [1.82, 2.24) is 5.32 Å². The molecule has 6 rings (SSSR count). The van der Waals surface area contributed by atoms with E-state index in [2.05, 4.69) is 59.0 Å². The topological polar surface area (TPSA) is 116 Å². The number of rotatable bonds is 11. The van der Waals surface area contributed by atoms with E-state index in [1.807, 2.05) is 12.2 Å². The van der Waals surface area contributed by atoms with E-state index < -0.39 is 5.97 Å². The number of fused-ring (bicyclic) bond motifs is 5. The van der Waals surface area contributed by atoms with Crippen molar-refractivity contribution in [3.8, 4) is 0 Å². The Kier molecular flexibility index (Phi) is 9.01. The zero-order valence-electron chi connectivity index (χ0n) is 28.0. The molecule has 0 saturated carbocycles. The molecule has 242 valence electrons. The van der Waals surface area contributed by atoms with Gasteiger partial charge in [0.15, 0.2) is 0 Å². The molecule has 8 nitrogen and oxygen atoms in total. The summed E-state index contributed by atoms with van der Waals surface area (Å²) in [6, 6.07) is 0. The van der Waals surface area contributed by atoms with Gasteiger partial charge in [-0.1, -0.05) is 40.0 Å². The Morgan fingerprint density at radius 3 is 2.52 bits per heavy atom. The minimum atomic E-state index is -0.817. The number of carbonyl (C=O) groups is 1. The average molecular weight is 623 g/mol. The first-order chi connectivity index (χ1) is 22.1. The zero-order valence-corrected chi connectivity index (χ0v) is 28.0. The summed E-state index contributed by atoms with van der Waals surface area (Å²) in [5, 5.41) is 24.3. The largest absolute Gasteiger partial charge is 0.511 e. The standard InChI is InChI=1S/C38H46N4O4/c1-7-9-10-11-14-46-23(6)36-22(5)31-18-30-21(4)26(12-13-35(44)45)37(42-30)28-17-34(43)27-15-24(39-38(27)28)16-32-25(8-2)20(3)29(40-32)19-33(36)41-31/h15-16,18-19,21,23,26,42-43H,7-14,17H2,1-6H3,(H,44,45)/t21-,23?,26-/m0/s1. The van der Waals surface area contributed by atoms with Crippen LogP contribution in [0.5, 0.6) is 0 Å². The molecule has 0 aromatic rings. The van der Waals surface area contributed by atoms with Crippen molar-refractivity contribution >= 4 is 23.1 Å². The minimum Gasteiger partial charge on any atom is -0.511 e. The first kappa shape index (κ1) is 31.9. The average Bonchev–Trinajstić information content (AvgIpc) is 3.78. The predicted molar refractivity (Wildman–Crippen MR) is 184 cm³/mol. The maximum atomic E-state index is 11.7. The van der Waals surface area contributed by atoms with Crippen LogP contribution in [0.3, 0.4) is 0 Å². The smallest absolute Gasteiger partial charge is 0.303 e. The lowest BCUT2D eigenvalue weighted by atomic mass is 9.86. The number of aliphatic carboxylic acids is 1. The fourth-order valence-corrected chi connectivity index (χ4v) is 7.49. The van der Waals surface area contributed by atoms with Gasteiger partial charge in [-0.3, -0.25) is 4.79 Å². The molecule has 1 saturated heterocycles. The van der Waals surface area contributed by atoms with Crippen molar-refractivity contribution in [2.75, 3.05) is 6.61 Å². The highest BCUT2D eigenvalue weighted by Gasteiger charge is 2.40. The van der Waals surface area contributed by atoms with Crippen LogP contribution in [0.2, 0.25) is 0 Å². The summed E-state index contributed by atoms with van der Waals surface area (Å²) in [6.45, 7) is 13.6. The number of aliphatic imine (C=N–C) groups is 3. The summed E-state index contributed by atoms with van der Waals surface area (Å²) in [5.74, 6) is -0.562. The number of nitrogens with zero attached hydrogens (tertiary/aromatic N) is 3. The maximum Gasteiger partial charge on any atom is 0.303 e. The molecule has 1 aliphatic carbocycles. The van der Waals surface area contributed by atoms with Crippen molar-refractivity contribution in [2.45, 2.75) is 99.0 Å². The second-order valence-corrected chi connectivity index (χ2v) is 13.1. The Labute approximate surface area is 272 Å². The number of ether oxygens (including phenoxy) is 1. The zero-order chi connectivity index (χ0) is 32.7. The molecular weight excluding hydrogens is 576 g/mol. The van der Waals surface area contributed by atoms with E-state index in [1.165, 1.54) is 18.4 Å². The van der Waals surface area contributed by atoms with E-state index in [0.717, 1.165) is 92.7 Å². The number of carboxylic acids is 1. The highest BCUT2D eigenvalue weighted by molar-refractivity contribution is 6.20. The van der Waals surface area contributed by atoms with Gasteiger partial charge in [0.1, 0.15) is 5.76 Å². The number of hydrogen-bond donors (Lipinski definition) is 3. The lowest BCUT2D eigenvalue weighted by Crippen LogP contribution is -2.15. The Morgan fingerprint density at radius 1 is 1.02 bits per heavy atom. The van der Waals surface area contributed by atoms with E-state index in [4.69, 9.17) is 19.7 Å². The van der Waals surface area contributed by atoms with Crippen molar-refractivity contribution in [3.63, 3.8) is 0 Å². The normalized spacial score (nSPS) is 24.2. The fourth-order valence-electron chi connectivity index (χ4n) is 7.49. The molecule has 0 spiro atoms. The van der Waals surface area contributed by atoms with E-state index in [1.54, 1.807) is 0 Å². The van der Waals surface area contributed by atoms with Crippen LogP contribution in [0.15, 0.2) is 107 Å². The molecule has 5 aliphatic heterocycles. The van der Waals surface area contributed by atoms with Crippen LogP contribution in [0.1, 0.15) is 92.9 Å². The van der Waals surface area contributed by atoms with Crippen LogP contribution in [0.25, 0.3) is 0 Å². The number of aliphatic hydroxyl groups excluding tert-OH is 1. The quantitative estimate of drug-likeness (QED) is 0.201. The minimum absolute atomic E-state index is 0.0252. The van der Waals surface area contributed by atoms with Crippen molar-refractivity contribution in [2.24, 2.45) is 26.8 Å². The van der Waals surface area contributed by atoms with E-state index in [-0.39, 0.29) is 30.1 Å². The molecule has 6 aliphatic rings. The monoisotopic (exact) mass is 622 g/mol. The summed E-state index contributed by atoms with van der Waals surface area (Å²) < 4.78 is 6.41. The van der Waals surface area contributed by atoms with Crippen LogP contribution in [0, 0.1) is 11.8 Å². The van der Waals surface area contributed by atoms with Gasteiger partial charge in [-0.15, -0.1) is 0 Å². The van der Waals surface area contributed by atoms with Crippen molar-refractivity contribution in [3.05, 3.63) is 92.0 Å². The third kappa shape index (κ3) is 5.83. The molecule has 8 bridgehead atoms. The Morgan fingerprint density at radius 2 is 1.78 bits per heavy atom. The molecule has 3 atom stereocenters. The molecule has 5 heterocycles. The van der Waals surface area contributed by atoms with Gasteiger partial charge in [-0.2, -0.15) is 0 Å². The third-order valence-corrected chi connectivity index (χ3v) is 10.1. The molecule has 1 fully saturated rings. The highest BCUT2D eigenvalue weighted by atomic mass is 16.5. The predicted octanol–water partition coefficient (Wildman–Crippen LogP) is 8.12. The third-order valence-electron chi connectivity index (χ3n) is 10.1. The van der Waals surface area contributed by atoms with E-state index >= 15 is 0 Å². The Hall–Kier alpha value is -4.04. The summed E-state index contributed by atoms with van der Waals surface area (Å²) >= 11 is 0.